The zero-order valence-electron chi connectivity index (χ0n) is 7.88. The molecule has 1 unspecified atom stereocenters. The van der Waals surface area contributed by atoms with Crippen LogP contribution in [0.4, 0.5) is 0 Å². The Hall–Kier alpha value is -0.715. The molecule has 2 rings (SSSR count). The van der Waals surface area contributed by atoms with Crippen molar-refractivity contribution in [2.75, 3.05) is 0 Å². The van der Waals surface area contributed by atoms with E-state index in [-0.39, 0.29) is 0 Å². The van der Waals surface area contributed by atoms with Crippen molar-refractivity contribution in [2.24, 2.45) is 5.92 Å². The molecule has 0 radical (unpaired) electrons. The van der Waals surface area contributed by atoms with Gasteiger partial charge >= 0.3 is 0 Å². The molecule has 1 heteroatoms. The molecule has 1 atom stereocenters. The summed E-state index contributed by atoms with van der Waals surface area (Å²) >= 11 is 0. The van der Waals surface area contributed by atoms with E-state index in [1.807, 2.05) is 0 Å². The van der Waals surface area contributed by atoms with Crippen LogP contribution in [0.3, 0.4) is 0 Å². The minimum absolute atomic E-state index is 0.800. The maximum absolute atomic E-state index is 2.33. The first-order valence-electron chi connectivity index (χ1n) is 4.87. The van der Waals surface area contributed by atoms with Crippen LogP contribution in [0.15, 0.2) is 24.3 Å². The third-order valence-electron chi connectivity index (χ3n) is 2.98. The first-order valence-corrected chi connectivity index (χ1v) is 4.87. The lowest BCUT2D eigenvalue weighted by Crippen LogP contribution is -2.09. The van der Waals surface area contributed by atoms with E-state index in [0.29, 0.717) is 0 Å². The van der Waals surface area contributed by atoms with Crippen molar-refractivity contribution >= 4 is 12.7 Å². The highest BCUT2D eigenvalue weighted by atomic mass is 14.2. The molecule has 1 heterocycles. The van der Waals surface area contributed by atoms with E-state index in [4.69, 9.17) is 0 Å². The molecule has 0 saturated carbocycles. The monoisotopic (exact) mass is 158 g/mol. The van der Waals surface area contributed by atoms with Crippen molar-refractivity contribution in [1.82, 2.24) is 0 Å². The normalized spacial score (nSPS) is 20.8. The molecule has 0 fully saturated rings. The molecular weight excluding hydrogens is 143 g/mol. The Morgan fingerprint density at radius 2 is 2.08 bits per heavy atom. The van der Waals surface area contributed by atoms with E-state index in [1.54, 1.807) is 11.0 Å². The lowest BCUT2D eigenvalue weighted by molar-refractivity contribution is 0.542. The molecule has 0 spiro atoms. The summed E-state index contributed by atoms with van der Waals surface area (Å²) in [5.41, 5.74) is 3.18. The highest BCUT2D eigenvalue weighted by Crippen LogP contribution is 2.30. The second-order valence-electron chi connectivity index (χ2n) is 4.09. The Morgan fingerprint density at radius 3 is 2.83 bits per heavy atom. The Kier molecular flexibility index (Phi) is 1.96. The van der Waals surface area contributed by atoms with Crippen molar-refractivity contribution in [1.29, 1.82) is 0 Å². The molecule has 0 nitrogen and oxygen atoms in total. The molecule has 12 heavy (non-hydrogen) atoms. The highest BCUT2D eigenvalue weighted by Gasteiger charge is 2.24. The predicted octanol–water partition coefficient (Wildman–Crippen LogP) is 1.92. The molecule has 0 bridgehead atoms. The lowest BCUT2D eigenvalue weighted by Gasteiger charge is -2.15. The number of benzene rings is 1. The molecular formula is C11H15B. The third kappa shape index (κ3) is 1.18. The van der Waals surface area contributed by atoms with Gasteiger partial charge in [-0.3, -0.25) is 0 Å². The minimum atomic E-state index is 0.800. The third-order valence-corrected chi connectivity index (χ3v) is 2.98. The quantitative estimate of drug-likeness (QED) is 0.547. The van der Waals surface area contributed by atoms with Crippen LogP contribution < -0.4 is 5.46 Å². The van der Waals surface area contributed by atoms with E-state index in [9.17, 15) is 0 Å². The molecule has 1 aromatic rings. The Morgan fingerprint density at radius 1 is 1.33 bits per heavy atom. The maximum Gasteiger partial charge on any atom is 0.158 e. The molecule has 0 saturated heterocycles. The summed E-state index contributed by atoms with van der Waals surface area (Å²) in [4.78, 5) is 0. The molecule has 1 aromatic carbocycles. The van der Waals surface area contributed by atoms with Gasteiger partial charge < -0.3 is 0 Å². The summed E-state index contributed by atoms with van der Waals surface area (Å²) < 4.78 is 0. The summed E-state index contributed by atoms with van der Waals surface area (Å²) in [6.07, 6.45) is 1.36. The Labute approximate surface area is 75.2 Å². The topological polar surface area (TPSA) is 0 Å². The van der Waals surface area contributed by atoms with Crippen LogP contribution in [0.1, 0.15) is 25.3 Å². The van der Waals surface area contributed by atoms with Gasteiger partial charge in [0.1, 0.15) is 0 Å². The molecule has 0 N–H and O–H groups in total. The van der Waals surface area contributed by atoms with Gasteiger partial charge in [-0.2, -0.15) is 0 Å². The second-order valence-corrected chi connectivity index (χ2v) is 4.09. The molecule has 0 aromatic heterocycles. The van der Waals surface area contributed by atoms with Crippen molar-refractivity contribution in [3.63, 3.8) is 0 Å². The number of hydrogen-bond donors (Lipinski definition) is 0. The Balaban J connectivity index is 2.36. The van der Waals surface area contributed by atoms with Gasteiger partial charge in [-0.05, 0) is 11.8 Å². The van der Waals surface area contributed by atoms with Crippen LogP contribution >= 0.6 is 0 Å². The minimum Gasteiger partial charge on any atom is -0.0811 e. The zero-order valence-corrected chi connectivity index (χ0v) is 7.88. The lowest BCUT2D eigenvalue weighted by atomic mass is 9.71. The molecule has 0 aliphatic carbocycles. The first-order chi connectivity index (χ1) is 5.79. The van der Waals surface area contributed by atoms with Gasteiger partial charge in [0.15, 0.2) is 7.28 Å². The summed E-state index contributed by atoms with van der Waals surface area (Å²) in [5, 5.41) is 0. The number of rotatable bonds is 1. The van der Waals surface area contributed by atoms with Gasteiger partial charge in [-0.25, -0.2) is 0 Å². The van der Waals surface area contributed by atoms with Crippen molar-refractivity contribution in [3.8, 4) is 0 Å². The van der Waals surface area contributed by atoms with Gasteiger partial charge in [-0.15, -0.1) is 0 Å². The number of fused-ring (bicyclic) bond motifs is 1. The van der Waals surface area contributed by atoms with Gasteiger partial charge in [0.25, 0.3) is 0 Å². The average Bonchev–Trinajstić information content (AvgIpc) is 2.47. The smallest absolute Gasteiger partial charge is 0.0811 e. The van der Waals surface area contributed by atoms with Gasteiger partial charge in [0, 0.05) is 0 Å². The summed E-state index contributed by atoms with van der Waals surface area (Å²) in [7, 11) is 1.29. The van der Waals surface area contributed by atoms with E-state index in [1.165, 1.54) is 13.6 Å². The Bertz CT molecular complexity index is 278. The van der Waals surface area contributed by atoms with Crippen molar-refractivity contribution < 1.29 is 0 Å². The molecule has 0 amide bonds. The van der Waals surface area contributed by atoms with Crippen LogP contribution in [0.5, 0.6) is 0 Å². The van der Waals surface area contributed by atoms with Gasteiger partial charge in [0.05, 0.1) is 0 Å². The fourth-order valence-corrected chi connectivity index (χ4v) is 2.28. The van der Waals surface area contributed by atoms with Gasteiger partial charge in [-0.1, -0.05) is 55.5 Å². The standard InChI is InChI=1S/C11H15B/c1-8(2)10-7-12-11-6-4-3-5-9(10)11/h3-6,8,10,12H,7H2,1-2H3. The van der Waals surface area contributed by atoms with E-state index in [2.05, 4.69) is 38.1 Å². The zero-order chi connectivity index (χ0) is 8.55. The van der Waals surface area contributed by atoms with Crippen LogP contribution in [-0.4, -0.2) is 7.28 Å². The fourth-order valence-electron chi connectivity index (χ4n) is 2.28. The maximum atomic E-state index is 2.33. The van der Waals surface area contributed by atoms with E-state index >= 15 is 0 Å². The highest BCUT2D eigenvalue weighted by molar-refractivity contribution is 6.56. The van der Waals surface area contributed by atoms with E-state index in [0.717, 1.165) is 11.8 Å². The molecule has 1 aliphatic heterocycles. The fraction of sp³-hybridized carbons (Fsp3) is 0.455. The second kappa shape index (κ2) is 2.97. The molecule has 62 valence electrons. The number of hydrogen-bond acceptors (Lipinski definition) is 0. The summed E-state index contributed by atoms with van der Waals surface area (Å²) in [5.74, 6) is 1.62. The van der Waals surface area contributed by atoms with Crippen LogP contribution in [0.2, 0.25) is 6.32 Å². The molecule has 1 aliphatic rings. The van der Waals surface area contributed by atoms with Gasteiger partial charge in [0.2, 0.25) is 0 Å². The average molecular weight is 158 g/mol. The summed E-state index contributed by atoms with van der Waals surface area (Å²) in [6, 6.07) is 8.89. The van der Waals surface area contributed by atoms with Crippen LogP contribution in [-0.2, 0) is 0 Å². The van der Waals surface area contributed by atoms with Crippen LogP contribution in [0.25, 0.3) is 0 Å². The largest absolute Gasteiger partial charge is 0.158 e. The van der Waals surface area contributed by atoms with Crippen LogP contribution in [0, 0.1) is 5.92 Å². The SMILES string of the molecule is CC(C)C1CBc2ccccc21. The summed E-state index contributed by atoms with van der Waals surface area (Å²) in [6.45, 7) is 4.65. The van der Waals surface area contributed by atoms with Crippen molar-refractivity contribution in [2.45, 2.75) is 26.1 Å². The first kappa shape index (κ1) is 7.91. The van der Waals surface area contributed by atoms with Crippen molar-refractivity contribution in [3.05, 3.63) is 29.8 Å². The predicted molar refractivity (Wildman–Crippen MR) is 55.6 cm³/mol. The van der Waals surface area contributed by atoms with E-state index < -0.39 is 0 Å².